The first-order chi connectivity index (χ1) is 14.9. The average molecular weight is 420 g/mol. The molecular weight excluding hydrogens is 390 g/mol. The normalized spacial score (nSPS) is 11.8. The van der Waals surface area contributed by atoms with Gasteiger partial charge in [0, 0.05) is 24.2 Å². The number of benzene rings is 2. The fraction of sp³-hybridized carbons (Fsp3) is 0.308. The number of hydrogen-bond acceptors (Lipinski definition) is 5. The number of ether oxygens (including phenoxy) is 2. The largest absolute Gasteiger partial charge is 0.493 e. The van der Waals surface area contributed by atoms with Gasteiger partial charge in [-0.15, -0.1) is 0 Å². The number of aldehydes is 1. The molecule has 0 radical (unpaired) electrons. The van der Waals surface area contributed by atoms with Crippen molar-refractivity contribution in [3.05, 3.63) is 76.5 Å². The van der Waals surface area contributed by atoms with E-state index in [9.17, 15) is 9.90 Å². The molecule has 0 aliphatic heterocycles. The Hall–Kier alpha value is -3.18. The average Bonchev–Trinajstić information content (AvgIpc) is 2.73. The van der Waals surface area contributed by atoms with Crippen LogP contribution >= 0.6 is 0 Å². The lowest BCUT2D eigenvalue weighted by molar-refractivity contribution is 0.112. The Bertz CT molecular complexity index is 1020. The van der Waals surface area contributed by atoms with Crippen LogP contribution in [0.2, 0.25) is 0 Å². The first-order valence-corrected chi connectivity index (χ1v) is 10.4. The lowest BCUT2D eigenvalue weighted by Gasteiger charge is -2.18. The molecule has 1 atom stereocenters. The number of rotatable bonds is 9. The molecule has 0 aliphatic rings. The molecule has 1 aromatic heterocycles. The molecule has 0 spiro atoms. The van der Waals surface area contributed by atoms with E-state index in [0.717, 1.165) is 39.9 Å². The standard InChI is InChI=1S/C26H29NO4/c1-17-12-23(30-11-10-19(3)29)13-18(2)26(17)24-7-5-6-22(20(24)4)16-31-25-9-8-21(15-28)14-27-25/h5-9,12-15,19,29H,10-11,16H2,1-4H3/t19-/m1/s1. The Morgan fingerprint density at radius 3 is 2.42 bits per heavy atom. The van der Waals surface area contributed by atoms with Crippen LogP contribution in [-0.4, -0.2) is 29.1 Å². The van der Waals surface area contributed by atoms with E-state index >= 15 is 0 Å². The Balaban J connectivity index is 1.80. The molecule has 1 N–H and O–H groups in total. The number of aliphatic hydroxyl groups excluding tert-OH is 1. The molecule has 0 fully saturated rings. The highest BCUT2D eigenvalue weighted by atomic mass is 16.5. The summed E-state index contributed by atoms with van der Waals surface area (Å²) < 4.78 is 11.7. The molecule has 0 aliphatic carbocycles. The molecule has 162 valence electrons. The van der Waals surface area contributed by atoms with Gasteiger partial charge in [0.05, 0.1) is 12.7 Å². The summed E-state index contributed by atoms with van der Waals surface area (Å²) in [4.78, 5) is 14.9. The zero-order chi connectivity index (χ0) is 22.4. The highest BCUT2D eigenvalue weighted by Crippen LogP contribution is 2.34. The number of aromatic nitrogens is 1. The predicted octanol–water partition coefficient (Wildman–Crippen LogP) is 5.22. The van der Waals surface area contributed by atoms with Crippen molar-refractivity contribution in [1.82, 2.24) is 4.98 Å². The van der Waals surface area contributed by atoms with Crippen LogP contribution in [0.15, 0.2) is 48.7 Å². The van der Waals surface area contributed by atoms with Crippen molar-refractivity contribution < 1.29 is 19.4 Å². The maximum absolute atomic E-state index is 10.8. The van der Waals surface area contributed by atoms with E-state index in [0.29, 0.717) is 31.1 Å². The highest BCUT2D eigenvalue weighted by Gasteiger charge is 2.13. The van der Waals surface area contributed by atoms with E-state index < -0.39 is 0 Å². The number of pyridine rings is 1. The number of aliphatic hydroxyl groups is 1. The van der Waals surface area contributed by atoms with Gasteiger partial charge in [0.25, 0.3) is 0 Å². The fourth-order valence-corrected chi connectivity index (χ4v) is 3.59. The monoisotopic (exact) mass is 419 g/mol. The fourth-order valence-electron chi connectivity index (χ4n) is 3.59. The molecule has 5 nitrogen and oxygen atoms in total. The van der Waals surface area contributed by atoms with Crippen molar-refractivity contribution in [3.8, 4) is 22.8 Å². The van der Waals surface area contributed by atoms with Crippen LogP contribution in [0.5, 0.6) is 11.6 Å². The third-order valence-corrected chi connectivity index (χ3v) is 5.30. The molecule has 0 bridgehead atoms. The van der Waals surface area contributed by atoms with Gasteiger partial charge in [-0.1, -0.05) is 18.2 Å². The number of carbonyl (C=O) groups is 1. The number of aryl methyl sites for hydroxylation is 2. The summed E-state index contributed by atoms with van der Waals surface area (Å²) in [6.07, 6.45) is 2.50. The van der Waals surface area contributed by atoms with Crippen molar-refractivity contribution in [3.63, 3.8) is 0 Å². The summed E-state index contributed by atoms with van der Waals surface area (Å²) in [7, 11) is 0. The summed E-state index contributed by atoms with van der Waals surface area (Å²) >= 11 is 0. The third-order valence-electron chi connectivity index (χ3n) is 5.30. The summed E-state index contributed by atoms with van der Waals surface area (Å²) in [5, 5.41) is 9.42. The lowest BCUT2D eigenvalue weighted by atomic mass is 9.90. The van der Waals surface area contributed by atoms with Crippen LogP contribution in [-0.2, 0) is 6.61 Å². The van der Waals surface area contributed by atoms with E-state index in [1.807, 2.05) is 18.2 Å². The molecular formula is C26H29NO4. The van der Waals surface area contributed by atoms with Crippen molar-refractivity contribution in [1.29, 1.82) is 0 Å². The lowest BCUT2D eigenvalue weighted by Crippen LogP contribution is -2.08. The molecule has 31 heavy (non-hydrogen) atoms. The van der Waals surface area contributed by atoms with Gasteiger partial charge in [-0.3, -0.25) is 4.79 Å². The molecule has 0 unspecified atom stereocenters. The predicted molar refractivity (Wildman–Crippen MR) is 122 cm³/mol. The van der Waals surface area contributed by atoms with Crippen molar-refractivity contribution in [2.45, 2.75) is 46.8 Å². The Morgan fingerprint density at radius 1 is 1.06 bits per heavy atom. The number of nitrogens with zero attached hydrogens (tertiary/aromatic N) is 1. The van der Waals surface area contributed by atoms with Gasteiger partial charge >= 0.3 is 0 Å². The van der Waals surface area contributed by atoms with Gasteiger partial charge in [0.2, 0.25) is 5.88 Å². The number of carbonyl (C=O) groups excluding carboxylic acids is 1. The molecule has 0 saturated heterocycles. The Kier molecular flexibility index (Phi) is 7.42. The van der Waals surface area contributed by atoms with E-state index in [1.54, 1.807) is 19.1 Å². The quantitative estimate of drug-likeness (QED) is 0.482. The smallest absolute Gasteiger partial charge is 0.213 e. The molecule has 1 heterocycles. The second-order valence-corrected chi connectivity index (χ2v) is 7.84. The van der Waals surface area contributed by atoms with E-state index in [1.165, 1.54) is 11.8 Å². The third kappa shape index (κ3) is 5.70. The van der Waals surface area contributed by atoms with Crippen LogP contribution in [0.25, 0.3) is 11.1 Å². The summed E-state index contributed by atoms with van der Waals surface area (Å²) in [6, 6.07) is 13.7. The van der Waals surface area contributed by atoms with Gasteiger partial charge in [-0.2, -0.15) is 0 Å². The SMILES string of the molecule is Cc1cc(OCC[C@@H](C)O)cc(C)c1-c1cccc(COc2ccc(C=O)cn2)c1C. The first-order valence-electron chi connectivity index (χ1n) is 10.4. The minimum atomic E-state index is -0.368. The Morgan fingerprint density at radius 2 is 1.81 bits per heavy atom. The van der Waals surface area contributed by atoms with Gasteiger partial charge < -0.3 is 14.6 Å². The maximum atomic E-state index is 10.8. The first kappa shape index (κ1) is 22.5. The van der Waals surface area contributed by atoms with Gasteiger partial charge in [-0.25, -0.2) is 4.98 Å². The molecule has 2 aromatic carbocycles. The second-order valence-electron chi connectivity index (χ2n) is 7.84. The Labute approximate surface area is 183 Å². The highest BCUT2D eigenvalue weighted by molar-refractivity contribution is 5.75. The maximum Gasteiger partial charge on any atom is 0.213 e. The van der Waals surface area contributed by atoms with E-state index in [4.69, 9.17) is 9.47 Å². The molecule has 5 heteroatoms. The molecule has 0 amide bonds. The van der Waals surface area contributed by atoms with E-state index in [-0.39, 0.29) is 6.10 Å². The minimum absolute atomic E-state index is 0.368. The molecule has 0 saturated carbocycles. The van der Waals surface area contributed by atoms with Gasteiger partial charge in [0.1, 0.15) is 12.4 Å². The minimum Gasteiger partial charge on any atom is -0.493 e. The van der Waals surface area contributed by atoms with Crippen molar-refractivity contribution >= 4 is 6.29 Å². The summed E-state index contributed by atoms with van der Waals surface area (Å²) in [6.45, 7) is 8.92. The summed E-state index contributed by atoms with van der Waals surface area (Å²) in [5.74, 6) is 1.31. The topological polar surface area (TPSA) is 68.7 Å². The van der Waals surface area contributed by atoms with Crippen LogP contribution in [0.4, 0.5) is 0 Å². The van der Waals surface area contributed by atoms with Crippen LogP contribution in [0.1, 0.15) is 46.0 Å². The van der Waals surface area contributed by atoms with Crippen LogP contribution in [0, 0.1) is 20.8 Å². The molecule has 3 aromatic rings. The zero-order valence-corrected chi connectivity index (χ0v) is 18.5. The number of hydrogen-bond donors (Lipinski definition) is 1. The summed E-state index contributed by atoms with van der Waals surface area (Å²) in [5.41, 5.74) is 7.39. The second kappa shape index (κ2) is 10.2. The zero-order valence-electron chi connectivity index (χ0n) is 18.5. The van der Waals surface area contributed by atoms with Crippen LogP contribution in [0.3, 0.4) is 0 Å². The van der Waals surface area contributed by atoms with E-state index in [2.05, 4.69) is 37.9 Å². The molecule has 3 rings (SSSR count). The van der Waals surface area contributed by atoms with Crippen molar-refractivity contribution in [2.24, 2.45) is 0 Å². The van der Waals surface area contributed by atoms with Gasteiger partial charge in [0.15, 0.2) is 6.29 Å². The van der Waals surface area contributed by atoms with Crippen molar-refractivity contribution in [2.75, 3.05) is 6.61 Å². The van der Waals surface area contributed by atoms with Crippen LogP contribution < -0.4 is 9.47 Å². The van der Waals surface area contributed by atoms with Gasteiger partial charge in [-0.05, 0) is 79.3 Å².